The van der Waals surface area contributed by atoms with E-state index in [0.29, 0.717) is 0 Å². The average molecular weight is 400 g/mol. The molecule has 153 valence electrons. The van der Waals surface area contributed by atoms with Gasteiger partial charge < -0.3 is 9.80 Å². The number of aryl methyl sites for hydroxylation is 4. The summed E-state index contributed by atoms with van der Waals surface area (Å²) in [7, 11) is 6.76. The first-order valence-electron chi connectivity index (χ1n) is 10.4. The van der Waals surface area contributed by atoms with E-state index in [2.05, 4.69) is 90.0 Å². The Balaban J connectivity index is 2.63. The second kappa shape index (κ2) is 9.56. The fourth-order valence-electron chi connectivity index (χ4n) is 4.09. The van der Waals surface area contributed by atoms with Crippen molar-refractivity contribution in [3.8, 4) is 0 Å². The molecule has 3 nitrogen and oxygen atoms in total. The van der Waals surface area contributed by atoms with Crippen molar-refractivity contribution >= 4 is 29.8 Å². The van der Waals surface area contributed by atoms with E-state index in [1.165, 1.54) is 33.6 Å². The number of rotatable bonds is 8. The van der Waals surface area contributed by atoms with E-state index in [0.717, 1.165) is 36.3 Å². The Kier molecular flexibility index (Phi) is 7.66. The lowest BCUT2D eigenvalue weighted by Gasteiger charge is -2.23. The molecule has 0 saturated heterocycles. The molecule has 2 aromatic rings. The number of hydrogen-bond donors (Lipinski definition) is 0. The van der Waals surface area contributed by atoms with E-state index < -0.39 is 7.80 Å². The summed E-state index contributed by atoms with van der Waals surface area (Å²) >= 11 is 0. The van der Waals surface area contributed by atoms with Crippen LogP contribution in [0, 0.1) is 0 Å². The molecule has 2 aromatic carbocycles. The second-order valence-corrected chi connectivity index (χ2v) is 9.34. The first kappa shape index (κ1) is 22.4. The zero-order valence-corrected chi connectivity index (χ0v) is 19.8. The highest BCUT2D eigenvalue weighted by molar-refractivity contribution is 7.61. The van der Waals surface area contributed by atoms with E-state index in [1.807, 2.05) is 0 Å². The molecular weight excluding hydrogens is 363 g/mol. The second-order valence-electron chi connectivity index (χ2n) is 7.72. The molecule has 2 rings (SSSR count). The molecule has 1 radical (unpaired) electrons. The van der Waals surface area contributed by atoms with Crippen LogP contribution in [0.5, 0.6) is 0 Å². The minimum atomic E-state index is -1.61. The number of anilines is 2. The van der Waals surface area contributed by atoms with Gasteiger partial charge in [-0.1, -0.05) is 27.7 Å². The first-order valence-corrected chi connectivity index (χ1v) is 11.7. The molecule has 0 aliphatic carbocycles. The summed E-state index contributed by atoms with van der Waals surface area (Å²) in [4.78, 5) is 4.37. The molecule has 0 spiro atoms. The van der Waals surface area contributed by atoms with Crippen molar-refractivity contribution in [1.29, 1.82) is 0 Å². The number of nitrogens with zero attached hydrogens (tertiary/aromatic N) is 2. The maximum Gasteiger partial charge on any atom is 0.136 e. The standard InChI is InChI=1S/C24H36N2OP/c1-9-17-13-21(14-18(10-2)23(17)25(5)6)28(27)22-15-19(11-3)24(26(7)8)20(12-4)16-22/h13-16H,9-12H2,1-8H3. The lowest BCUT2D eigenvalue weighted by molar-refractivity contribution is 0.598. The molecule has 0 bridgehead atoms. The van der Waals surface area contributed by atoms with Crippen LogP contribution in [-0.2, 0) is 30.2 Å². The van der Waals surface area contributed by atoms with E-state index in [9.17, 15) is 4.57 Å². The smallest absolute Gasteiger partial charge is 0.136 e. The van der Waals surface area contributed by atoms with E-state index in [-0.39, 0.29) is 0 Å². The predicted octanol–water partition coefficient (Wildman–Crippen LogP) is 4.85. The Morgan fingerprint density at radius 3 is 1.04 bits per heavy atom. The van der Waals surface area contributed by atoms with Crippen molar-refractivity contribution in [3.05, 3.63) is 46.5 Å². The maximum absolute atomic E-state index is 13.6. The molecular formula is C24H36N2OP. The van der Waals surface area contributed by atoms with Crippen LogP contribution >= 0.6 is 7.80 Å². The summed E-state index contributed by atoms with van der Waals surface area (Å²) in [5.74, 6) is 0. The van der Waals surface area contributed by atoms with Crippen molar-refractivity contribution in [2.45, 2.75) is 53.4 Å². The molecule has 0 aliphatic rings. The molecule has 28 heavy (non-hydrogen) atoms. The maximum atomic E-state index is 13.6. The van der Waals surface area contributed by atoms with Crippen molar-refractivity contribution in [3.63, 3.8) is 0 Å². The van der Waals surface area contributed by atoms with Gasteiger partial charge in [0.05, 0.1) is 0 Å². The van der Waals surface area contributed by atoms with Crippen LogP contribution in [0.25, 0.3) is 0 Å². The number of benzene rings is 2. The molecule has 0 saturated carbocycles. The van der Waals surface area contributed by atoms with Gasteiger partial charge in [-0.05, 0) is 72.2 Å². The van der Waals surface area contributed by atoms with Crippen LogP contribution in [0.2, 0.25) is 0 Å². The molecule has 4 heteroatoms. The van der Waals surface area contributed by atoms with Crippen molar-refractivity contribution < 1.29 is 4.57 Å². The SMILES string of the molecule is CCc1cc([P](=O)c2cc(CC)c(N(C)C)c(CC)c2)cc(CC)c1N(C)C. The zero-order chi connectivity index (χ0) is 21.0. The summed E-state index contributed by atoms with van der Waals surface area (Å²) in [6, 6.07) is 8.63. The van der Waals surface area contributed by atoms with Crippen molar-refractivity contribution in [2.75, 3.05) is 38.0 Å². The Morgan fingerprint density at radius 2 is 0.857 bits per heavy atom. The highest BCUT2D eigenvalue weighted by atomic mass is 31.1. The van der Waals surface area contributed by atoms with Gasteiger partial charge in [0.25, 0.3) is 0 Å². The molecule has 0 N–H and O–H groups in total. The van der Waals surface area contributed by atoms with E-state index >= 15 is 0 Å². The summed E-state index contributed by atoms with van der Waals surface area (Å²) < 4.78 is 13.6. The van der Waals surface area contributed by atoms with Gasteiger partial charge in [-0.15, -0.1) is 0 Å². The predicted molar refractivity (Wildman–Crippen MR) is 126 cm³/mol. The van der Waals surface area contributed by atoms with Crippen LogP contribution in [0.15, 0.2) is 24.3 Å². The lowest BCUT2D eigenvalue weighted by atomic mass is 10.0. The van der Waals surface area contributed by atoms with Crippen LogP contribution in [0.1, 0.15) is 49.9 Å². The van der Waals surface area contributed by atoms with E-state index in [1.54, 1.807) is 0 Å². The third kappa shape index (κ3) is 4.41. The average Bonchev–Trinajstić information content (AvgIpc) is 2.70. The van der Waals surface area contributed by atoms with Gasteiger partial charge in [0.15, 0.2) is 0 Å². The molecule has 0 amide bonds. The third-order valence-corrected chi connectivity index (χ3v) is 6.85. The molecule has 0 atom stereocenters. The molecule has 0 aliphatic heterocycles. The van der Waals surface area contributed by atoms with E-state index in [4.69, 9.17) is 0 Å². The van der Waals surface area contributed by atoms with Crippen LogP contribution in [-0.4, -0.2) is 28.2 Å². The van der Waals surface area contributed by atoms with Crippen LogP contribution < -0.4 is 20.4 Å². The van der Waals surface area contributed by atoms with Gasteiger partial charge in [-0.3, -0.25) is 4.57 Å². The lowest BCUT2D eigenvalue weighted by Crippen LogP contribution is -2.19. The first-order chi connectivity index (χ1) is 13.3. The Bertz CT molecular complexity index is 736. The summed E-state index contributed by atoms with van der Waals surface area (Å²) in [5.41, 5.74) is 7.67. The quantitative estimate of drug-likeness (QED) is 0.593. The minimum Gasteiger partial charge on any atom is -0.377 e. The Hall–Kier alpha value is -1.86. The van der Waals surface area contributed by atoms with Crippen molar-refractivity contribution in [2.24, 2.45) is 0 Å². The van der Waals surface area contributed by atoms with Gasteiger partial charge in [0, 0.05) is 50.2 Å². The fraction of sp³-hybridized carbons (Fsp3) is 0.500. The molecule has 0 fully saturated rings. The van der Waals surface area contributed by atoms with Crippen molar-refractivity contribution in [1.82, 2.24) is 0 Å². The number of hydrogen-bond acceptors (Lipinski definition) is 3. The van der Waals surface area contributed by atoms with Gasteiger partial charge >= 0.3 is 0 Å². The zero-order valence-electron chi connectivity index (χ0n) is 18.9. The normalized spacial score (nSPS) is 10.9. The highest BCUT2D eigenvalue weighted by Gasteiger charge is 2.18. The minimum absolute atomic E-state index is 0.942. The van der Waals surface area contributed by atoms with Gasteiger partial charge in [0.2, 0.25) is 0 Å². The molecule has 0 aromatic heterocycles. The summed E-state index contributed by atoms with van der Waals surface area (Å²) in [5, 5.41) is 1.91. The van der Waals surface area contributed by atoms with Crippen LogP contribution in [0.4, 0.5) is 11.4 Å². The fourth-order valence-corrected chi connectivity index (χ4v) is 5.48. The van der Waals surface area contributed by atoms with Gasteiger partial charge in [-0.2, -0.15) is 0 Å². The Labute approximate surface area is 172 Å². The largest absolute Gasteiger partial charge is 0.377 e. The summed E-state index contributed by atoms with van der Waals surface area (Å²) in [6.45, 7) is 8.70. The van der Waals surface area contributed by atoms with Gasteiger partial charge in [0.1, 0.15) is 7.80 Å². The summed E-state index contributed by atoms with van der Waals surface area (Å²) in [6.07, 6.45) is 3.77. The van der Waals surface area contributed by atoms with Gasteiger partial charge in [-0.25, -0.2) is 0 Å². The van der Waals surface area contributed by atoms with Crippen LogP contribution in [0.3, 0.4) is 0 Å². The third-order valence-electron chi connectivity index (χ3n) is 5.39. The topological polar surface area (TPSA) is 23.6 Å². The Morgan fingerprint density at radius 1 is 0.607 bits per heavy atom. The molecule has 0 unspecified atom stereocenters. The molecule has 0 heterocycles. The highest BCUT2D eigenvalue weighted by Crippen LogP contribution is 2.32. The monoisotopic (exact) mass is 399 g/mol.